The minimum Gasteiger partial charge on any atom is -0.421 e. The fourth-order valence-electron chi connectivity index (χ4n) is 2.89. The third-order valence-corrected chi connectivity index (χ3v) is 5.23. The molecule has 2 aromatic carbocycles. The average molecular weight is 451 g/mol. The lowest BCUT2D eigenvalue weighted by molar-refractivity contribution is 0.408. The lowest BCUT2D eigenvalue weighted by Gasteiger charge is -2.09. The number of H-pyrrole nitrogens is 1. The predicted octanol–water partition coefficient (Wildman–Crippen LogP) is 4.29. The molecule has 11 heteroatoms. The van der Waals surface area contributed by atoms with Gasteiger partial charge in [-0.15, -0.1) is 0 Å². The predicted molar refractivity (Wildman–Crippen MR) is 107 cm³/mol. The van der Waals surface area contributed by atoms with Crippen molar-refractivity contribution in [3.63, 3.8) is 0 Å². The number of hydrogen-bond donors (Lipinski definition) is 1. The van der Waals surface area contributed by atoms with Crippen molar-refractivity contribution in [2.75, 3.05) is 6.26 Å². The van der Waals surface area contributed by atoms with Gasteiger partial charge in [0.15, 0.2) is 27.1 Å². The van der Waals surface area contributed by atoms with Crippen molar-refractivity contribution in [2.24, 2.45) is 0 Å². The highest BCUT2D eigenvalue weighted by molar-refractivity contribution is 7.89. The summed E-state index contributed by atoms with van der Waals surface area (Å²) in [4.78, 5) is 8.28. The number of nitrogens with one attached hydrogen (secondary N) is 1. The Bertz CT molecular complexity index is 1380. The minimum atomic E-state index is -3.50. The van der Waals surface area contributed by atoms with E-state index in [0.29, 0.717) is 27.7 Å². The number of benzene rings is 2. The Balaban J connectivity index is 1.88. The molecule has 4 aromatic rings. The zero-order valence-electron chi connectivity index (χ0n) is 15.4. The summed E-state index contributed by atoms with van der Waals surface area (Å²) in [5, 5.41) is 7.66. The summed E-state index contributed by atoms with van der Waals surface area (Å²) in [5.74, 6) is -2.48. The van der Waals surface area contributed by atoms with Crippen molar-refractivity contribution in [1.29, 1.82) is 0 Å². The second-order valence-electron chi connectivity index (χ2n) is 6.48. The lowest BCUT2D eigenvalue weighted by atomic mass is 10.1. The van der Waals surface area contributed by atoms with Gasteiger partial charge in [-0.3, -0.25) is 5.10 Å². The second kappa shape index (κ2) is 7.62. The first-order valence-electron chi connectivity index (χ1n) is 8.52. The van der Waals surface area contributed by atoms with Crippen LogP contribution in [0.25, 0.3) is 22.3 Å². The molecular weight excluding hydrogens is 438 g/mol. The van der Waals surface area contributed by atoms with Gasteiger partial charge in [-0.05, 0) is 18.2 Å². The second-order valence-corrected chi connectivity index (χ2v) is 9.02. The molecule has 2 aromatic heterocycles. The minimum absolute atomic E-state index is 0.101. The SMILES string of the molecule is CS(=O)(=O)Cc1nc(Oc2ccc(F)cc2F)nc2n[nH]c(-c3ccccc3Cl)c12. The van der Waals surface area contributed by atoms with E-state index in [2.05, 4.69) is 20.2 Å². The van der Waals surface area contributed by atoms with E-state index >= 15 is 0 Å². The van der Waals surface area contributed by atoms with Gasteiger partial charge in [-0.2, -0.15) is 15.1 Å². The highest BCUT2D eigenvalue weighted by Gasteiger charge is 2.21. The number of halogens is 3. The zero-order chi connectivity index (χ0) is 21.5. The van der Waals surface area contributed by atoms with Crippen LogP contribution in [-0.2, 0) is 15.6 Å². The number of sulfone groups is 1. The molecule has 0 saturated carbocycles. The molecule has 0 bridgehead atoms. The molecule has 154 valence electrons. The van der Waals surface area contributed by atoms with Gasteiger partial charge < -0.3 is 4.74 Å². The summed E-state index contributed by atoms with van der Waals surface area (Å²) in [6, 6.07) is 9.33. The maximum absolute atomic E-state index is 13.9. The molecule has 0 radical (unpaired) electrons. The van der Waals surface area contributed by atoms with Crippen LogP contribution in [0.4, 0.5) is 8.78 Å². The fraction of sp³-hybridized carbons (Fsp3) is 0.105. The van der Waals surface area contributed by atoms with Crippen LogP contribution in [0.5, 0.6) is 11.8 Å². The molecule has 0 aliphatic rings. The molecule has 30 heavy (non-hydrogen) atoms. The Morgan fingerprint density at radius 2 is 1.90 bits per heavy atom. The van der Waals surface area contributed by atoms with Crippen LogP contribution in [0.2, 0.25) is 5.02 Å². The Hall–Kier alpha value is -3.11. The van der Waals surface area contributed by atoms with E-state index in [1.54, 1.807) is 24.3 Å². The summed E-state index contributed by atoms with van der Waals surface area (Å²) in [6.45, 7) is 0. The molecule has 0 atom stereocenters. The van der Waals surface area contributed by atoms with Crippen molar-refractivity contribution in [3.05, 3.63) is 64.8 Å². The Labute approximate surface area is 174 Å². The highest BCUT2D eigenvalue weighted by Crippen LogP contribution is 2.34. The quantitative estimate of drug-likeness (QED) is 0.487. The largest absolute Gasteiger partial charge is 0.421 e. The van der Waals surface area contributed by atoms with E-state index < -0.39 is 27.2 Å². The van der Waals surface area contributed by atoms with E-state index in [1.807, 2.05) is 0 Å². The Morgan fingerprint density at radius 1 is 1.13 bits per heavy atom. The summed E-state index contributed by atoms with van der Waals surface area (Å²) in [7, 11) is -3.50. The van der Waals surface area contributed by atoms with Crippen molar-refractivity contribution in [1.82, 2.24) is 20.2 Å². The van der Waals surface area contributed by atoms with Gasteiger partial charge >= 0.3 is 6.01 Å². The molecule has 0 aliphatic carbocycles. The average Bonchev–Trinajstić information content (AvgIpc) is 3.07. The number of ether oxygens (including phenoxy) is 1. The van der Waals surface area contributed by atoms with Crippen LogP contribution in [-0.4, -0.2) is 34.8 Å². The molecule has 0 unspecified atom stereocenters. The first-order valence-corrected chi connectivity index (χ1v) is 11.0. The van der Waals surface area contributed by atoms with E-state index in [9.17, 15) is 17.2 Å². The molecule has 4 rings (SSSR count). The van der Waals surface area contributed by atoms with Crippen LogP contribution in [0.1, 0.15) is 5.69 Å². The van der Waals surface area contributed by atoms with E-state index in [4.69, 9.17) is 16.3 Å². The normalized spacial score (nSPS) is 11.7. The molecule has 7 nitrogen and oxygen atoms in total. The van der Waals surface area contributed by atoms with Crippen LogP contribution in [0.15, 0.2) is 42.5 Å². The van der Waals surface area contributed by atoms with Gasteiger partial charge in [0.05, 0.1) is 22.5 Å². The van der Waals surface area contributed by atoms with Crippen LogP contribution < -0.4 is 4.74 Å². The van der Waals surface area contributed by atoms with Gasteiger partial charge in [0.2, 0.25) is 0 Å². The molecule has 0 saturated heterocycles. The number of hydrogen-bond acceptors (Lipinski definition) is 6. The van der Waals surface area contributed by atoms with Crippen molar-refractivity contribution >= 4 is 32.5 Å². The van der Waals surface area contributed by atoms with Crippen molar-refractivity contribution < 1.29 is 21.9 Å². The lowest BCUT2D eigenvalue weighted by Crippen LogP contribution is -2.06. The van der Waals surface area contributed by atoms with Gasteiger partial charge in [0.1, 0.15) is 5.82 Å². The van der Waals surface area contributed by atoms with E-state index in [1.165, 1.54) is 0 Å². The number of nitrogens with zero attached hydrogens (tertiary/aromatic N) is 3. The number of fused-ring (bicyclic) bond motifs is 1. The number of aromatic nitrogens is 4. The summed E-state index contributed by atoms with van der Waals surface area (Å²) < 4.78 is 56.4. The maximum atomic E-state index is 13.9. The standard InChI is InChI=1S/C19H13ClF2N4O3S/c1-30(27,28)9-14-16-17(11-4-2-3-5-12(11)20)25-26-18(16)24-19(23-14)29-15-7-6-10(21)8-13(15)22/h2-8H,9H2,1H3,(H,23,24,25,26). The molecule has 0 amide bonds. The van der Waals surface area contributed by atoms with E-state index in [-0.39, 0.29) is 23.1 Å². The fourth-order valence-corrected chi connectivity index (χ4v) is 3.82. The van der Waals surface area contributed by atoms with Crippen LogP contribution in [0.3, 0.4) is 0 Å². The summed E-state index contributed by atoms with van der Waals surface area (Å²) >= 11 is 6.27. The van der Waals surface area contributed by atoms with Gasteiger partial charge in [0, 0.05) is 22.9 Å². The third kappa shape index (κ3) is 4.10. The molecule has 2 heterocycles. The van der Waals surface area contributed by atoms with Crippen LogP contribution >= 0.6 is 11.6 Å². The first-order chi connectivity index (χ1) is 14.2. The number of aromatic amines is 1. The monoisotopic (exact) mass is 450 g/mol. The first kappa shape index (κ1) is 20.2. The van der Waals surface area contributed by atoms with Gasteiger partial charge in [0.25, 0.3) is 0 Å². The van der Waals surface area contributed by atoms with Crippen LogP contribution in [0, 0.1) is 11.6 Å². The summed E-state index contributed by atoms with van der Waals surface area (Å²) in [6.07, 6.45) is 1.05. The highest BCUT2D eigenvalue weighted by atomic mass is 35.5. The third-order valence-electron chi connectivity index (χ3n) is 4.11. The molecule has 0 fully saturated rings. The van der Waals surface area contributed by atoms with Gasteiger partial charge in [-0.1, -0.05) is 29.8 Å². The van der Waals surface area contributed by atoms with Gasteiger partial charge in [-0.25, -0.2) is 17.2 Å². The molecule has 0 spiro atoms. The molecule has 0 aliphatic heterocycles. The zero-order valence-corrected chi connectivity index (χ0v) is 16.9. The smallest absolute Gasteiger partial charge is 0.324 e. The Morgan fingerprint density at radius 3 is 2.60 bits per heavy atom. The molecule has 1 N–H and O–H groups in total. The number of rotatable bonds is 5. The summed E-state index contributed by atoms with van der Waals surface area (Å²) in [5.41, 5.74) is 1.23. The Kier molecular flexibility index (Phi) is 5.12. The van der Waals surface area contributed by atoms with Crippen molar-refractivity contribution in [3.8, 4) is 23.0 Å². The molecular formula is C19H13ClF2N4O3S. The van der Waals surface area contributed by atoms with E-state index in [0.717, 1.165) is 18.4 Å². The maximum Gasteiger partial charge on any atom is 0.324 e. The van der Waals surface area contributed by atoms with Crippen molar-refractivity contribution in [2.45, 2.75) is 5.75 Å². The topological polar surface area (TPSA) is 97.8 Å².